The van der Waals surface area contributed by atoms with Crippen LogP contribution in [-0.2, 0) is 14.3 Å². The van der Waals surface area contributed by atoms with Crippen LogP contribution in [-0.4, -0.2) is 18.9 Å². The standard InChI is InChI=1S/C38H52O3/c1-24(2)27-16-19-38(33(40)41-8)21-20-36(6)28(31(27)38)14-15-30-35(5)23-26(22-25-12-10-9-11-13-25)32(39)34(3,4)29(35)17-18-37(30,36)7/h9-13,22,27-31H,1,14-21,23H2,2-8H3/b26-22-/t27-,28+,29+,30-,31+,35-,36+,37-,38+/m0/s1. The number of Topliss-reactive ketones (excluding diaryl/α,β-unsaturated/α-hetero) is 1. The first-order valence-electron chi connectivity index (χ1n) is 16.3. The van der Waals surface area contributed by atoms with E-state index < -0.39 is 0 Å². The van der Waals surface area contributed by atoms with Gasteiger partial charge in [-0.1, -0.05) is 77.1 Å². The Balaban J connectivity index is 1.42. The van der Waals surface area contributed by atoms with Crippen molar-refractivity contribution < 1.29 is 14.3 Å². The van der Waals surface area contributed by atoms with Gasteiger partial charge in [0, 0.05) is 5.41 Å². The molecule has 5 saturated carbocycles. The van der Waals surface area contributed by atoms with Gasteiger partial charge in [0.25, 0.3) is 0 Å². The third-order valence-corrected chi connectivity index (χ3v) is 14.4. The van der Waals surface area contributed by atoms with Gasteiger partial charge in [0.1, 0.15) is 0 Å². The molecule has 5 aliphatic carbocycles. The van der Waals surface area contributed by atoms with E-state index in [4.69, 9.17) is 4.74 Å². The highest BCUT2D eigenvalue weighted by Gasteiger charge is 2.72. The zero-order valence-electron chi connectivity index (χ0n) is 26.6. The zero-order valence-corrected chi connectivity index (χ0v) is 26.6. The van der Waals surface area contributed by atoms with Gasteiger partial charge in [-0.25, -0.2) is 0 Å². The molecule has 5 fully saturated rings. The maximum Gasteiger partial charge on any atom is 0.312 e. The normalized spacial score (nSPS) is 45.7. The lowest BCUT2D eigenvalue weighted by atomic mass is 9.32. The summed E-state index contributed by atoms with van der Waals surface area (Å²) in [5.41, 5.74) is 3.06. The third kappa shape index (κ3) is 3.75. The minimum Gasteiger partial charge on any atom is -0.469 e. The minimum atomic E-state index is -0.365. The van der Waals surface area contributed by atoms with Crippen LogP contribution in [0.5, 0.6) is 0 Å². The van der Waals surface area contributed by atoms with E-state index in [1.165, 1.54) is 24.8 Å². The number of carbonyl (C=O) groups excluding carboxylic acids is 2. The Labute approximate surface area is 248 Å². The molecule has 0 radical (unpaired) electrons. The van der Waals surface area contributed by atoms with Crippen LogP contribution in [0, 0.1) is 56.7 Å². The summed E-state index contributed by atoms with van der Waals surface area (Å²) in [6, 6.07) is 10.4. The first kappa shape index (κ1) is 28.9. The van der Waals surface area contributed by atoms with Crippen LogP contribution in [0.15, 0.2) is 48.1 Å². The largest absolute Gasteiger partial charge is 0.469 e. The molecule has 0 amide bonds. The topological polar surface area (TPSA) is 43.4 Å². The molecule has 0 aromatic heterocycles. The van der Waals surface area contributed by atoms with Crippen molar-refractivity contribution in [3.8, 4) is 0 Å². The fourth-order valence-corrected chi connectivity index (χ4v) is 12.4. The summed E-state index contributed by atoms with van der Waals surface area (Å²) >= 11 is 0. The van der Waals surface area contributed by atoms with Crippen molar-refractivity contribution in [2.24, 2.45) is 56.7 Å². The van der Waals surface area contributed by atoms with Gasteiger partial charge in [-0.2, -0.15) is 0 Å². The van der Waals surface area contributed by atoms with Crippen LogP contribution in [0.3, 0.4) is 0 Å². The van der Waals surface area contributed by atoms with Crippen molar-refractivity contribution in [2.75, 3.05) is 7.11 Å². The molecule has 0 saturated heterocycles. The van der Waals surface area contributed by atoms with Crippen LogP contribution in [0.4, 0.5) is 0 Å². The number of esters is 1. The van der Waals surface area contributed by atoms with E-state index in [9.17, 15) is 9.59 Å². The minimum absolute atomic E-state index is 0.0273. The first-order chi connectivity index (χ1) is 19.3. The Morgan fingerprint density at radius 2 is 1.61 bits per heavy atom. The monoisotopic (exact) mass is 556 g/mol. The van der Waals surface area contributed by atoms with E-state index in [1.54, 1.807) is 7.11 Å². The second-order valence-corrected chi connectivity index (χ2v) is 16.1. The van der Waals surface area contributed by atoms with Gasteiger partial charge in [0.05, 0.1) is 12.5 Å². The molecule has 5 aliphatic rings. The number of fused-ring (bicyclic) bond motifs is 7. The number of hydrogen-bond donors (Lipinski definition) is 0. The van der Waals surface area contributed by atoms with Gasteiger partial charge in [0.2, 0.25) is 0 Å². The van der Waals surface area contributed by atoms with Crippen molar-refractivity contribution in [1.82, 2.24) is 0 Å². The number of rotatable bonds is 3. The Bertz CT molecular complexity index is 1290. The number of carbonyl (C=O) groups is 2. The second kappa shape index (κ2) is 9.42. The molecule has 6 rings (SSSR count). The number of allylic oxidation sites excluding steroid dienone is 2. The molecule has 0 unspecified atom stereocenters. The molecule has 222 valence electrons. The molecule has 0 heterocycles. The zero-order chi connectivity index (χ0) is 29.6. The van der Waals surface area contributed by atoms with E-state index in [0.717, 1.165) is 49.7 Å². The lowest BCUT2D eigenvalue weighted by molar-refractivity contribution is -0.232. The molecular formula is C38H52O3. The SMILES string of the molecule is C=C(C)[C@@H]1CC[C@@]2(C(=O)OC)CC[C@]3(C)[C@H](CC[C@H]4[C@@]5(C)C/C(=C/c6ccccc6)C(=O)C(C)(C)[C@H]5CC[C@@]43C)[C@@H]12. The van der Waals surface area contributed by atoms with Crippen LogP contribution < -0.4 is 0 Å². The fourth-order valence-electron chi connectivity index (χ4n) is 12.4. The number of ketones is 1. The van der Waals surface area contributed by atoms with Gasteiger partial charge in [-0.3, -0.25) is 9.59 Å². The highest BCUT2D eigenvalue weighted by Crippen LogP contribution is 2.77. The maximum absolute atomic E-state index is 14.0. The molecule has 3 nitrogen and oxygen atoms in total. The van der Waals surface area contributed by atoms with Crippen molar-refractivity contribution in [1.29, 1.82) is 0 Å². The first-order valence-corrected chi connectivity index (χ1v) is 16.3. The summed E-state index contributed by atoms with van der Waals surface area (Å²) < 4.78 is 5.54. The molecular weight excluding hydrogens is 504 g/mol. The van der Waals surface area contributed by atoms with Crippen molar-refractivity contribution in [3.05, 3.63) is 53.6 Å². The molecule has 0 spiro atoms. The Kier molecular flexibility index (Phi) is 6.65. The van der Waals surface area contributed by atoms with Crippen LogP contribution in [0.2, 0.25) is 0 Å². The Morgan fingerprint density at radius 3 is 2.27 bits per heavy atom. The van der Waals surface area contributed by atoms with Crippen molar-refractivity contribution in [2.45, 2.75) is 99.3 Å². The second-order valence-electron chi connectivity index (χ2n) is 16.1. The van der Waals surface area contributed by atoms with Crippen molar-refractivity contribution in [3.63, 3.8) is 0 Å². The summed E-state index contributed by atoms with van der Waals surface area (Å²) in [5.74, 6) is 2.55. The van der Waals surface area contributed by atoms with E-state index in [2.05, 4.69) is 78.5 Å². The van der Waals surface area contributed by atoms with E-state index in [0.29, 0.717) is 35.4 Å². The van der Waals surface area contributed by atoms with E-state index in [-0.39, 0.29) is 33.0 Å². The average Bonchev–Trinajstić information content (AvgIpc) is 3.33. The van der Waals surface area contributed by atoms with Gasteiger partial charge < -0.3 is 4.74 Å². The maximum atomic E-state index is 14.0. The van der Waals surface area contributed by atoms with Gasteiger partial charge >= 0.3 is 5.97 Å². The number of ether oxygens (including phenoxy) is 1. The van der Waals surface area contributed by atoms with Crippen LogP contribution in [0.25, 0.3) is 6.08 Å². The van der Waals surface area contributed by atoms with Crippen LogP contribution in [0.1, 0.15) is 105 Å². The van der Waals surface area contributed by atoms with Gasteiger partial charge in [0.15, 0.2) is 5.78 Å². The van der Waals surface area contributed by atoms with Gasteiger partial charge in [-0.15, -0.1) is 0 Å². The van der Waals surface area contributed by atoms with E-state index >= 15 is 0 Å². The molecule has 3 heteroatoms. The Hall–Kier alpha value is -2.16. The summed E-state index contributed by atoms with van der Waals surface area (Å²) in [6.07, 6.45) is 11.7. The molecule has 9 atom stereocenters. The smallest absolute Gasteiger partial charge is 0.312 e. The summed E-state index contributed by atoms with van der Waals surface area (Å²) in [7, 11) is 1.59. The average molecular weight is 557 g/mol. The van der Waals surface area contributed by atoms with Crippen molar-refractivity contribution >= 4 is 17.8 Å². The number of hydrogen-bond acceptors (Lipinski definition) is 3. The molecule has 1 aromatic carbocycles. The summed E-state index contributed by atoms with van der Waals surface area (Å²) in [6.45, 7) is 18.9. The van der Waals surface area contributed by atoms with Crippen LogP contribution >= 0.6 is 0 Å². The molecule has 41 heavy (non-hydrogen) atoms. The van der Waals surface area contributed by atoms with Gasteiger partial charge in [-0.05, 0) is 128 Å². The number of methoxy groups -OCH3 is 1. The molecule has 0 aliphatic heterocycles. The quantitative estimate of drug-likeness (QED) is 0.212. The lowest BCUT2D eigenvalue weighted by Gasteiger charge is -2.72. The molecule has 0 bridgehead atoms. The lowest BCUT2D eigenvalue weighted by Crippen LogP contribution is -2.67. The van der Waals surface area contributed by atoms with E-state index in [1.807, 2.05) is 6.07 Å². The summed E-state index contributed by atoms with van der Waals surface area (Å²) in [4.78, 5) is 27.5. The highest BCUT2D eigenvalue weighted by atomic mass is 16.5. The predicted molar refractivity (Wildman–Crippen MR) is 166 cm³/mol. The highest BCUT2D eigenvalue weighted by molar-refractivity contribution is 6.04. The molecule has 0 N–H and O–H groups in total. The fraction of sp³-hybridized carbons (Fsp3) is 0.684. The Morgan fingerprint density at radius 1 is 0.902 bits per heavy atom. The molecule has 1 aromatic rings. The predicted octanol–water partition coefficient (Wildman–Crippen LogP) is 9.08. The third-order valence-electron chi connectivity index (χ3n) is 14.4. The summed E-state index contributed by atoms with van der Waals surface area (Å²) in [5, 5.41) is 0. The number of benzene rings is 1.